The van der Waals surface area contributed by atoms with Crippen molar-refractivity contribution in [2.75, 3.05) is 26.2 Å². The summed E-state index contributed by atoms with van der Waals surface area (Å²) >= 11 is 0. The summed E-state index contributed by atoms with van der Waals surface area (Å²) in [6.45, 7) is 2.50. The Morgan fingerprint density at radius 1 is 1.36 bits per heavy atom. The molecule has 0 saturated carbocycles. The van der Waals surface area contributed by atoms with Crippen molar-refractivity contribution in [3.05, 3.63) is 35.4 Å². The standard InChI is InChI=1S/C16H22F2N2O2/c17-12-5-6-15(18)14(10-12)16(22)19-7-1-2-8-20-9-3-4-13(20)11-21/h5-6,10,13,21H,1-4,7-9,11H2,(H,19,22). The van der Waals surface area contributed by atoms with Gasteiger partial charge in [0.15, 0.2) is 0 Å². The molecule has 0 bridgehead atoms. The molecule has 0 aromatic heterocycles. The molecule has 6 heteroatoms. The van der Waals surface area contributed by atoms with Crippen molar-refractivity contribution >= 4 is 5.91 Å². The van der Waals surface area contributed by atoms with Gasteiger partial charge in [-0.1, -0.05) is 0 Å². The number of hydrogen-bond donors (Lipinski definition) is 2. The van der Waals surface area contributed by atoms with Crippen LogP contribution in [0.15, 0.2) is 18.2 Å². The monoisotopic (exact) mass is 312 g/mol. The summed E-state index contributed by atoms with van der Waals surface area (Å²) in [5.74, 6) is -1.94. The van der Waals surface area contributed by atoms with Gasteiger partial charge in [-0.05, 0) is 57.0 Å². The highest BCUT2D eigenvalue weighted by atomic mass is 19.1. The van der Waals surface area contributed by atoms with E-state index in [1.165, 1.54) is 0 Å². The first-order chi connectivity index (χ1) is 10.6. The zero-order valence-electron chi connectivity index (χ0n) is 12.5. The minimum atomic E-state index is -0.721. The van der Waals surface area contributed by atoms with E-state index in [0.717, 1.165) is 57.0 Å². The molecular formula is C16H22F2N2O2. The Bertz CT molecular complexity index is 511. The van der Waals surface area contributed by atoms with E-state index in [0.29, 0.717) is 6.54 Å². The van der Waals surface area contributed by atoms with Gasteiger partial charge in [0.1, 0.15) is 11.6 Å². The fourth-order valence-corrected chi connectivity index (χ4v) is 2.80. The fourth-order valence-electron chi connectivity index (χ4n) is 2.80. The largest absolute Gasteiger partial charge is 0.395 e. The van der Waals surface area contributed by atoms with Crippen molar-refractivity contribution in [2.45, 2.75) is 31.7 Å². The molecule has 1 fully saturated rings. The number of rotatable bonds is 7. The minimum Gasteiger partial charge on any atom is -0.395 e. The lowest BCUT2D eigenvalue weighted by atomic mass is 10.2. The van der Waals surface area contributed by atoms with Crippen LogP contribution in [0.2, 0.25) is 0 Å². The Kier molecular flexibility index (Phi) is 6.27. The number of benzene rings is 1. The van der Waals surface area contributed by atoms with Crippen LogP contribution in [-0.2, 0) is 0 Å². The third-order valence-electron chi connectivity index (χ3n) is 4.04. The Hall–Kier alpha value is -1.53. The quantitative estimate of drug-likeness (QED) is 0.757. The summed E-state index contributed by atoms with van der Waals surface area (Å²) < 4.78 is 26.4. The summed E-state index contributed by atoms with van der Waals surface area (Å²) in [4.78, 5) is 14.0. The molecule has 0 radical (unpaired) electrons. The second-order valence-corrected chi connectivity index (χ2v) is 5.60. The number of halogens is 2. The van der Waals surface area contributed by atoms with Gasteiger partial charge in [0.2, 0.25) is 0 Å². The first-order valence-electron chi connectivity index (χ1n) is 7.70. The van der Waals surface area contributed by atoms with Gasteiger partial charge in [-0.15, -0.1) is 0 Å². The number of aliphatic hydroxyl groups excluding tert-OH is 1. The Labute approximate surface area is 129 Å². The Balaban J connectivity index is 1.68. The maximum absolute atomic E-state index is 13.4. The number of unbranched alkanes of at least 4 members (excludes halogenated alkanes) is 1. The predicted octanol–water partition coefficient (Wildman–Crippen LogP) is 1.93. The van der Waals surface area contributed by atoms with Crippen LogP contribution in [0.4, 0.5) is 8.78 Å². The van der Waals surface area contributed by atoms with E-state index in [1.54, 1.807) is 0 Å². The van der Waals surface area contributed by atoms with Gasteiger partial charge in [0.25, 0.3) is 5.91 Å². The van der Waals surface area contributed by atoms with Gasteiger partial charge in [0.05, 0.1) is 12.2 Å². The van der Waals surface area contributed by atoms with Gasteiger partial charge in [-0.2, -0.15) is 0 Å². The summed E-state index contributed by atoms with van der Waals surface area (Å²) in [6, 6.07) is 3.10. The average Bonchev–Trinajstić information content (AvgIpc) is 2.96. The van der Waals surface area contributed by atoms with Gasteiger partial charge in [-0.25, -0.2) is 8.78 Å². The van der Waals surface area contributed by atoms with Crippen LogP contribution < -0.4 is 5.32 Å². The zero-order valence-corrected chi connectivity index (χ0v) is 12.5. The van der Waals surface area contributed by atoms with Crippen molar-refractivity contribution in [3.63, 3.8) is 0 Å². The van der Waals surface area contributed by atoms with Crippen molar-refractivity contribution in [3.8, 4) is 0 Å². The number of carbonyl (C=O) groups is 1. The lowest BCUT2D eigenvalue weighted by molar-refractivity contribution is 0.0947. The molecule has 1 atom stereocenters. The van der Waals surface area contributed by atoms with E-state index < -0.39 is 17.5 Å². The second-order valence-electron chi connectivity index (χ2n) is 5.60. The van der Waals surface area contributed by atoms with Crippen molar-refractivity contribution in [2.24, 2.45) is 0 Å². The summed E-state index contributed by atoms with van der Waals surface area (Å²) in [7, 11) is 0. The highest BCUT2D eigenvalue weighted by Gasteiger charge is 2.22. The van der Waals surface area contributed by atoms with Crippen molar-refractivity contribution < 1.29 is 18.7 Å². The maximum atomic E-state index is 13.4. The van der Waals surface area contributed by atoms with Gasteiger partial charge >= 0.3 is 0 Å². The second kappa shape index (κ2) is 8.19. The molecule has 1 aliphatic heterocycles. The molecule has 1 saturated heterocycles. The maximum Gasteiger partial charge on any atom is 0.254 e. The van der Waals surface area contributed by atoms with E-state index in [9.17, 15) is 18.7 Å². The molecule has 1 amide bonds. The molecule has 122 valence electrons. The van der Waals surface area contributed by atoms with Crippen LogP contribution >= 0.6 is 0 Å². The van der Waals surface area contributed by atoms with Gasteiger partial charge < -0.3 is 10.4 Å². The van der Waals surface area contributed by atoms with E-state index in [4.69, 9.17) is 0 Å². The van der Waals surface area contributed by atoms with Crippen LogP contribution in [0.1, 0.15) is 36.0 Å². The molecule has 1 aromatic carbocycles. The topological polar surface area (TPSA) is 52.6 Å². The molecule has 0 spiro atoms. The Morgan fingerprint density at radius 3 is 2.95 bits per heavy atom. The van der Waals surface area contributed by atoms with Gasteiger partial charge in [-0.3, -0.25) is 9.69 Å². The molecule has 1 heterocycles. The lowest BCUT2D eigenvalue weighted by Crippen LogP contribution is -2.33. The average molecular weight is 312 g/mol. The van der Waals surface area contributed by atoms with Crippen LogP contribution in [-0.4, -0.2) is 48.2 Å². The molecule has 22 heavy (non-hydrogen) atoms. The highest BCUT2D eigenvalue weighted by molar-refractivity contribution is 5.94. The van der Waals surface area contributed by atoms with Crippen molar-refractivity contribution in [1.29, 1.82) is 0 Å². The molecule has 4 nitrogen and oxygen atoms in total. The first kappa shape index (κ1) is 16.8. The predicted molar refractivity (Wildman–Crippen MR) is 79.6 cm³/mol. The number of nitrogens with zero attached hydrogens (tertiary/aromatic N) is 1. The molecule has 2 rings (SSSR count). The number of likely N-dealkylation sites (tertiary alicyclic amines) is 1. The SMILES string of the molecule is O=C(NCCCCN1CCCC1CO)c1cc(F)ccc1F. The molecule has 1 unspecified atom stereocenters. The van der Waals surface area contributed by atoms with E-state index >= 15 is 0 Å². The molecule has 1 aromatic rings. The number of amides is 1. The third kappa shape index (κ3) is 4.48. The van der Waals surface area contributed by atoms with Crippen LogP contribution in [0.3, 0.4) is 0 Å². The zero-order chi connectivity index (χ0) is 15.9. The summed E-state index contributed by atoms with van der Waals surface area (Å²) in [5.41, 5.74) is -0.264. The fraction of sp³-hybridized carbons (Fsp3) is 0.562. The van der Waals surface area contributed by atoms with E-state index in [2.05, 4.69) is 10.2 Å². The smallest absolute Gasteiger partial charge is 0.254 e. The number of aliphatic hydroxyl groups is 1. The molecule has 2 N–H and O–H groups in total. The van der Waals surface area contributed by atoms with Crippen LogP contribution in [0.5, 0.6) is 0 Å². The minimum absolute atomic E-state index is 0.190. The van der Waals surface area contributed by atoms with Gasteiger partial charge in [0, 0.05) is 12.6 Å². The molecule has 1 aliphatic rings. The number of nitrogens with one attached hydrogen (secondary N) is 1. The van der Waals surface area contributed by atoms with E-state index in [1.807, 2.05) is 0 Å². The summed E-state index contributed by atoms with van der Waals surface area (Å²) in [6.07, 6.45) is 3.80. The molecule has 0 aliphatic carbocycles. The van der Waals surface area contributed by atoms with Crippen molar-refractivity contribution in [1.82, 2.24) is 10.2 Å². The van der Waals surface area contributed by atoms with E-state index in [-0.39, 0.29) is 18.2 Å². The number of hydrogen-bond acceptors (Lipinski definition) is 3. The van der Waals surface area contributed by atoms with Crippen LogP contribution in [0.25, 0.3) is 0 Å². The normalized spacial score (nSPS) is 18.6. The lowest BCUT2D eigenvalue weighted by Gasteiger charge is -2.22. The highest BCUT2D eigenvalue weighted by Crippen LogP contribution is 2.16. The first-order valence-corrected chi connectivity index (χ1v) is 7.70. The van der Waals surface area contributed by atoms with Crippen LogP contribution in [0, 0.1) is 11.6 Å². The Morgan fingerprint density at radius 2 is 2.18 bits per heavy atom. The number of carbonyl (C=O) groups excluding carboxylic acids is 1. The third-order valence-corrected chi connectivity index (χ3v) is 4.04. The summed E-state index contributed by atoms with van der Waals surface area (Å²) in [5, 5.41) is 11.8. The molecular weight excluding hydrogens is 290 g/mol.